The lowest BCUT2D eigenvalue weighted by atomic mass is 9.99. The van der Waals surface area contributed by atoms with Gasteiger partial charge in [-0.1, -0.05) is 0 Å². The van der Waals surface area contributed by atoms with Gasteiger partial charge in [-0.15, -0.1) is 0 Å². The second-order valence-corrected chi connectivity index (χ2v) is 5.18. The van der Waals surface area contributed by atoms with Crippen LogP contribution in [0.1, 0.15) is 20.3 Å². The Morgan fingerprint density at radius 2 is 2.11 bits per heavy atom. The number of nitrogens with one attached hydrogen (secondary N) is 2. The zero-order chi connectivity index (χ0) is 13.6. The van der Waals surface area contributed by atoms with Crippen LogP contribution in [0.15, 0.2) is 0 Å². The molecule has 0 radical (unpaired) electrons. The molecular weight excluding hydrogens is 238 g/mol. The summed E-state index contributed by atoms with van der Waals surface area (Å²) in [4.78, 5) is 36.6. The molecule has 0 aliphatic carbocycles. The van der Waals surface area contributed by atoms with Crippen molar-refractivity contribution in [2.24, 2.45) is 0 Å². The van der Waals surface area contributed by atoms with Gasteiger partial charge in [0.1, 0.15) is 11.1 Å². The van der Waals surface area contributed by atoms with Crippen LogP contribution < -0.4 is 10.6 Å². The summed E-state index contributed by atoms with van der Waals surface area (Å²) in [5.74, 6) is -0.547. The molecule has 2 N–H and O–H groups in total. The number of amides is 4. The van der Waals surface area contributed by atoms with Crippen LogP contribution in [-0.4, -0.2) is 54.1 Å². The zero-order valence-electron chi connectivity index (χ0n) is 10.7. The topological polar surface area (TPSA) is 87.7 Å². The van der Waals surface area contributed by atoms with Gasteiger partial charge in [0.15, 0.2) is 0 Å². The molecule has 18 heavy (non-hydrogen) atoms. The normalized spacial score (nSPS) is 27.6. The second-order valence-electron chi connectivity index (χ2n) is 5.18. The summed E-state index contributed by atoms with van der Waals surface area (Å²) in [6.45, 7) is 3.97. The van der Waals surface area contributed by atoms with E-state index in [2.05, 4.69) is 10.6 Å². The lowest BCUT2D eigenvalue weighted by molar-refractivity contribution is -0.150. The van der Waals surface area contributed by atoms with Crippen LogP contribution in [0.3, 0.4) is 0 Å². The first kappa shape index (κ1) is 12.8. The first-order valence-electron chi connectivity index (χ1n) is 5.79. The van der Waals surface area contributed by atoms with Gasteiger partial charge < -0.3 is 15.0 Å². The van der Waals surface area contributed by atoms with Crippen LogP contribution in [0.25, 0.3) is 0 Å². The van der Waals surface area contributed by atoms with Crippen LogP contribution >= 0.6 is 0 Å². The summed E-state index contributed by atoms with van der Waals surface area (Å²) >= 11 is 0. The summed E-state index contributed by atoms with van der Waals surface area (Å²) in [6.07, 6.45) is 0.427. The van der Waals surface area contributed by atoms with Crippen LogP contribution in [0.5, 0.6) is 0 Å². The van der Waals surface area contributed by atoms with Crippen molar-refractivity contribution in [2.75, 3.05) is 20.2 Å². The number of ether oxygens (including phenoxy) is 1. The number of rotatable bonds is 2. The molecule has 100 valence electrons. The first-order valence-corrected chi connectivity index (χ1v) is 5.79. The predicted molar refractivity (Wildman–Crippen MR) is 61.7 cm³/mol. The van der Waals surface area contributed by atoms with Crippen molar-refractivity contribution >= 4 is 17.8 Å². The van der Waals surface area contributed by atoms with E-state index in [-0.39, 0.29) is 18.4 Å². The van der Waals surface area contributed by atoms with Gasteiger partial charge in [-0.3, -0.25) is 14.9 Å². The Hall–Kier alpha value is -1.63. The molecular formula is C11H17N3O4. The highest BCUT2D eigenvalue weighted by Crippen LogP contribution is 2.27. The Balaban J connectivity index is 2.12. The second kappa shape index (κ2) is 3.94. The number of hydrogen-bond donors (Lipinski definition) is 2. The van der Waals surface area contributed by atoms with Crippen molar-refractivity contribution in [3.63, 3.8) is 0 Å². The maximum absolute atomic E-state index is 12.2. The van der Waals surface area contributed by atoms with Crippen molar-refractivity contribution < 1.29 is 19.1 Å². The number of imide groups is 1. The Morgan fingerprint density at radius 1 is 1.44 bits per heavy atom. The van der Waals surface area contributed by atoms with Crippen LogP contribution in [0.4, 0.5) is 4.79 Å². The highest BCUT2D eigenvalue weighted by molar-refractivity contribution is 6.07. The molecule has 0 bridgehead atoms. The van der Waals surface area contributed by atoms with Gasteiger partial charge in [0, 0.05) is 13.7 Å². The molecule has 2 aliphatic rings. The minimum atomic E-state index is -0.962. The molecule has 0 aromatic carbocycles. The average Bonchev–Trinajstić information content (AvgIpc) is 2.84. The molecule has 4 amide bonds. The maximum atomic E-state index is 12.2. The third-order valence-corrected chi connectivity index (χ3v) is 3.60. The number of likely N-dealkylation sites (tertiary alicyclic amines) is 1. The van der Waals surface area contributed by atoms with Gasteiger partial charge >= 0.3 is 6.03 Å². The highest BCUT2D eigenvalue weighted by Gasteiger charge is 2.52. The molecule has 7 nitrogen and oxygen atoms in total. The number of nitrogens with zero attached hydrogens (tertiary/aromatic N) is 1. The first-order chi connectivity index (χ1) is 8.31. The minimum Gasteiger partial charge on any atom is -0.369 e. The predicted octanol–water partition coefficient (Wildman–Crippen LogP) is -0.778. The zero-order valence-corrected chi connectivity index (χ0v) is 10.7. The van der Waals surface area contributed by atoms with E-state index in [1.807, 2.05) is 0 Å². The lowest BCUT2D eigenvalue weighted by Gasteiger charge is -2.28. The van der Waals surface area contributed by atoms with E-state index in [0.29, 0.717) is 13.0 Å². The molecule has 2 aliphatic heterocycles. The SMILES string of the molecule is COC(C)(C)C(=O)N1CCC2(C1)NC(=O)NC2=O. The van der Waals surface area contributed by atoms with E-state index >= 15 is 0 Å². The van der Waals surface area contributed by atoms with Gasteiger partial charge in [0.05, 0.1) is 6.54 Å². The number of methoxy groups -OCH3 is 1. The molecule has 2 fully saturated rings. The number of carbonyl (C=O) groups is 3. The van der Waals surface area contributed by atoms with E-state index in [4.69, 9.17) is 4.74 Å². The minimum absolute atomic E-state index is 0.184. The average molecular weight is 255 g/mol. The van der Waals surface area contributed by atoms with Gasteiger partial charge in [-0.2, -0.15) is 0 Å². The Bertz CT molecular complexity index is 421. The van der Waals surface area contributed by atoms with E-state index in [0.717, 1.165) is 0 Å². The van der Waals surface area contributed by atoms with Crippen molar-refractivity contribution in [1.82, 2.24) is 15.5 Å². The molecule has 1 spiro atoms. The van der Waals surface area contributed by atoms with Gasteiger partial charge in [0.2, 0.25) is 0 Å². The maximum Gasteiger partial charge on any atom is 0.322 e. The summed E-state index contributed by atoms with van der Waals surface area (Å²) in [7, 11) is 1.47. The molecule has 1 atom stereocenters. The fourth-order valence-corrected chi connectivity index (χ4v) is 2.27. The van der Waals surface area contributed by atoms with Crippen LogP contribution in [-0.2, 0) is 14.3 Å². The van der Waals surface area contributed by atoms with Gasteiger partial charge in [0.25, 0.3) is 11.8 Å². The lowest BCUT2D eigenvalue weighted by Crippen LogP contribution is -2.52. The number of hydrogen-bond acceptors (Lipinski definition) is 4. The van der Waals surface area contributed by atoms with E-state index < -0.39 is 17.2 Å². The smallest absolute Gasteiger partial charge is 0.322 e. The molecule has 0 saturated carbocycles. The standard InChI is InChI=1S/C11H17N3O4/c1-10(2,18-3)8(16)14-5-4-11(6-14)7(15)12-9(17)13-11/h4-6H2,1-3H3,(H2,12,13,15,17). The number of urea groups is 1. The summed E-state index contributed by atoms with van der Waals surface area (Å²) in [5, 5.41) is 4.80. The van der Waals surface area contributed by atoms with Gasteiger partial charge in [-0.25, -0.2) is 4.79 Å². The molecule has 1 unspecified atom stereocenters. The fraction of sp³-hybridized carbons (Fsp3) is 0.727. The molecule has 0 aromatic rings. The van der Waals surface area contributed by atoms with E-state index in [1.54, 1.807) is 18.7 Å². The fourth-order valence-electron chi connectivity index (χ4n) is 2.27. The third kappa shape index (κ3) is 1.84. The highest BCUT2D eigenvalue weighted by atomic mass is 16.5. The molecule has 0 aromatic heterocycles. The van der Waals surface area contributed by atoms with Crippen molar-refractivity contribution in [3.8, 4) is 0 Å². The Kier molecular flexibility index (Phi) is 2.81. The molecule has 2 heterocycles. The largest absolute Gasteiger partial charge is 0.369 e. The van der Waals surface area contributed by atoms with Gasteiger partial charge in [-0.05, 0) is 20.3 Å². The molecule has 2 saturated heterocycles. The van der Waals surface area contributed by atoms with Crippen molar-refractivity contribution in [2.45, 2.75) is 31.4 Å². The Morgan fingerprint density at radius 3 is 2.61 bits per heavy atom. The summed E-state index contributed by atoms with van der Waals surface area (Å²) in [6, 6.07) is -0.500. The van der Waals surface area contributed by atoms with Crippen LogP contribution in [0.2, 0.25) is 0 Å². The quantitative estimate of drug-likeness (QED) is 0.634. The molecule has 7 heteroatoms. The van der Waals surface area contributed by atoms with E-state index in [1.165, 1.54) is 7.11 Å². The third-order valence-electron chi connectivity index (χ3n) is 3.60. The monoisotopic (exact) mass is 255 g/mol. The van der Waals surface area contributed by atoms with Crippen LogP contribution in [0, 0.1) is 0 Å². The number of carbonyl (C=O) groups excluding carboxylic acids is 3. The molecule has 2 rings (SSSR count). The van der Waals surface area contributed by atoms with Crippen molar-refractivity contribution in [1.29, 1.82) is 0 Å². The van der Waals surface area contributed by atoms with E-state index in [9.17, 15) is 14.4 Å². The summed E-state index contributed by atoms with van der Waals surface area (Å²) in [5.41, 5.74) is -1.89. The summed E-state index contributed by atoms with van der Waals surface area (Å²) < 4.78 is 5.13. The Labute approximate surface area is 105 Å². The van der Waals surface area contributed by atoms with Crippen molar-refractivity contribution in [3.05, 3.63) is 0 Å².